The molecule has 0 aliphatic heterocycles. The van der Waals surface area contributed by atoms with Crippen LogP contribution in [0.15, 0.2) is 29.2 Å². The molecule has 2 fully saturated rings. The molecule has 2 atom stereocenters. The molecule has 1 aromatic carbocycles. The molecule has 0 radical (unpaired) electrons. The molecule has 0 aromatic heterocycles. The van der Waals surface area contributed by atoms with Crippen LogP contribution in [0.3, 0.4) is 0 Å². The smallest absolute Gasteiger partial charge is 0.317 e. The van der Waals surface area contributed by atoms with Crippen LogP contribution < -0.4 is 0 Å². The van der Waals surface area contributed by atoms with Gasteiger partial charge in [-0.3, -0.25) is 4.79 Å². The number of alkyl halides is 2. The van der Waals surface area contributed by atoms with Gasteiger partial charge in [0.05, 0.1) is 4.90 Å². The average Bonchev–Trinajstić information content (AvgIpc) is 2.79. The van der Waals surface area contributed by atoms with Crippen molar-refractivity contribution < 1.29 is 18.3 Å². The highest BCUT2D eigenvalue weighted by molar-refractivity contribution is 7.90. The maximum absolute atomic E-state index is 12.1. The van der Waals surface area contributed by atoms with Crippen molar-refractivity contribution in [2.75, 3.05) is 6.26 Å². The van der Waals surface area contributed by atoms with Crippen LogP contribution in [-0.4, -0.2) is 30.1 Å². The zero-order valence-corrected chi connectivity index (χ0v) is 15.0. The first-order valence-electron chi connectivity index (χ1n) is 7.55. The van der Waals surface area contributed by atoms with Crippen LogP contribution in [0.2, 0.25) is 0 Å². The summed E-state index contributed by atoms with van der Waals surface area (Å²) in [6.07, 6.45) is 5.10. The van der Waals surface area contributed by atoms with E-state index in [2.05, 4.69) is 0 Å². The molecule has 0 saturated heterocycles. The Morgan fingerprint density at radius 2 is 1.70 bits per heavy atom. The molecule has 1 aromatic rings. The van der Waals surface area contributed by atoms with Crippen molar-refractivity contribution >= 4 is 39.0 Å². The van der Waals surface area contributed by atoms with E-state index in [4.69, 9.17) is 23.2 Å². The summed E-state index contributed by atoms with van der Waals surface area (Å²) in [5.41, 5.74) is -0.888. The molecule has 7 heteroatoms. The Hall–Kier alpha value is -0.780. The van der Waals surface area contributed by atoms with Gasteiger partial charge in [-0.1, -0.05) is 61.0 Å². The van der Waals surface area contributed by atoms with Gasteiger partial charge in [0.1, 0.15) is 9.75 Å². The van der Waals surface area contributed by atoms with Crippen LogP contribution in [0, 0.1) is 11.8 Å². The Labute approximate surface area is 145 Å². The van der Waals surface area contributed by atoms with Crippen molar-refractivity contribution in [3.05, 3.63) is 29.8 Å². The molecule has 0 amide bonds. The largest absolute Gasteiger partial charge is 0.480 e. The van der Waals surface area contributed by atoms with E-state index in [-0.39, 0.29) is 16.7 Å². The molecule has 126 valence electrons. The first kappa shape index (κ1) is 17.1. The van der Waals surface area contributed by atoms with Crippen LogP contribution in [0.5, 0.6) is 0 Å². The lowest BCUT2D eigenvalue weighted by Gasteiger charge is -2.16. The highest BCUT2D eigenvalue weighted by atomic mass is 35.5. The van der Waals surface area contributed by atoms with Crippen molar-refractivity contribution in [1.82, 2.24) is 0 Å². The fourth-order valence-electron chi connectivity index (χ4n) is 4.11. The Kier molecular flexibility index (Phi) is 3.98. The summed E-state index contributed by atoms with van der Waals surface area (Å²) >= 11 is 12.9. The van der Waals surface area contributed by atoms with Gasteiger partial charge in [-0.25, -0.2) is 8.42 Å². The number of rotatable bonds is 4. The summed E-state index contributed by atoms with van der Waals surface area (Å²) < 4.78 is 21.8. The SMILES string of the molecule is CS(=O)(=O)c1ccc(C2(C(=O)O)C(C3CCCC3)C2(Cl)Cl)cc1. The minimum atomic E-state index is -3.34. The lowest BCUT2D eigenvalue weighted by atomic mass is 9.87. The standard InChI is InChI=1S/C16H18Cl2O4S/c1-23(21,22)12-8-6-11(7-9-12)15(14(19)20)13(16(15,17)18)10-4-2-3-5-10/h6-10,13H,2-5H2,1H3,(H,19,20). The molecule has 2 aliphatic rings. The van der Waals surface area contributed by atoms with Crippen molar-refractivity contribution in [3.8, 4) is 0 Å². The second kappa shape index (κ2) is 5.36. The highest BCUT2D eigenvalue weighted by Crippen LogP contribution is 2.73. The zero-order valence-electron chi connectivity index (χ0n) is 12.6. The van der Waals surface area contributed by atoms with E-state index >= 15 is 0 Å². The maximum atomic E-state index is 12.1. The third-order valence-corrected chi connectivity index (χ3v) is 7.44. The van der Waals surface area contributed by atoms with Gasteiger partial charge in [0.2, 0.25) is 0 Å². The second-order valence-electron chi connectivity index (χ2n) is 6.55. The lowest BCUT2D eigenvalue weighted by molar-refractivity contribution is -0.140. The molecular formula is C16H18Cl2O4S. The molecule has 0 heterocycles. The summed E-state index contributed by atoms with van der Waals surface area (Å²) in [7, 11) is -3.34. The zero-order chi connectivity index (χ0) is 17.0. The van der Waals surface area contributed by atoms with Crippen LogP contribution >= 0.6 is 23.2 Å². The van der Waals surface area contributed by atoms with Crippen molar-refractivity contribution in [2.45, 2.75) is 40.3 Å². The fraction of sp³-hybridized carbons (Fsp3) is 0.562. The van der Waals surface area contributed by atoms with Crippen LogP contribution in [0.1, 0.15) is 31.2 Å². The first-order valence-corrected chi connectivity index (χ1v) is 10.2. The van der Waals surface area contributed by atoms with E-state index in [0.29, 0.717) is 5.56 Å². The third kappa shape index (κ3) is 2.39. The van der Waals surface area contributed by atoms with Crippen molar-refractivity contribution in [3.63, 3.8) is 0 Å². The Balaban J connectivity index is 2.04. The van der Waals surface area contributed by atoms with Gasteiger partial charge in [-0.2, -0.15) is 0 Å². The average molecular weight is 377 g/mol. The van der Waals surface area contributed by atoms with Crippen LogP contribution in [0.4, 0.5) is 0 Å². The Morgan fingerprint density at radius 1 is 1.17 bits per heavy atom. The second-order valence-corrected chi connectivity index (χ2v) is 9.96. The van der Waals surface area contributed by atoms with E-state index in [1.807, 2.05) is 0 Å². The minimum Gasteiger partial charge on any atom is -0.480 e. The quantitative estimate of drug-likeness (QED) is 0.817. The number of carboxylic acid groups (broad SMARTS) is 1. The summed E-state index contributed by atoms with van der Waals surface area (Å²) in [4.78, 5) is 12.2. The van der Waals surface area contributed by atoms with Gasteiger partial charge in [-0.05, 0) is 23.6 Å². The summed E-state index contributed by atoms with van der Waals surface area (Å²) in [6.45, 7) is 0. The van der Waals surface area contributed by atoms with Crippen LogP contribution in [0.25, 0.3) is 0 Å². The molecule has 0 bridgehead atoms. The van der Waals surface area contributed by atoms with Crippen LogP contribution in [-0.2, 0) is 20.0 Å². The first-order chi connectivity index (χ1) is 10.6. The molecule has 2 unspecified atom stereocenters. The Morgan fingerprint density at radius 3 is 2.13 bits per heavy atom. The molecule has 2 saturated carbocycles. The van der Waals surface area contributed by atoms with Gasteiger partial charge in [0.25, 0.3) is 0 Å². The van der Waals surface area contributed by atoms with Gasteiger partial charge >= 0.3 is 5.97 Å². The maximum Gasteiger partial charge on any atom is 0.317 e. The summed E-state index contributed by atoms with van der Waals surface area (Å²) in [5.74, 6) is -1.20. The fourth-order valence-corrected chi connectivity index (χ4v) is 5.93. The number of benzene rings is 1. The molecule has 4 nitrogen and oxygen atoms in total. The van der Waals surface area contributed by atoms with Crippen molar-refractivity contribution in [2.24, 2.45) is 11.8 Å². The van der Waals surface area contributed by atoms with E-state index in [1.54, 1.807) is 0 Å². The molecule has 3 rings (SSSR count). The number of aliphatic carboxylic acids is 1. The van der Waals surface area contributed by atoms with Gasteiger partial charge < -0.3 is 5.11 Å². The topological polar surface area (TPSA) is 71.4 Å². The lowest BCUT2D eigenvalue weighted by Crippen LogP contribution is -2.27. The van der Waals surface area contributed by atoms with Gasteiger partial charge in [-0.15, -0.1) is 0 Å². The number of sulfone groups is 1. The number of hydrogen-bond donors (Lipinski definition) is 1. The molecule has 23 heavy (non-hydrogen) atoms. The third-order valence-electron chi connectivity index (χ3n) is 5.25. The van der Waals surface area contributed by atoms with E-state index in [1.165, 1.54) is 24.3 Å². The van der Waals surface area contributed by atoms with Gasteiger partial charge in [0.15, 0.2) is 9.84 Å². The predicted octanol–water partition coefficient (Wildman–Crippen LogP) is 3.41. The number of halogens is 2. The summed E-state index contributed by atoms with van der Waals surface area (Å²) in [6, 6.07) is 5.89. The molecular weight excluding hydrogens is 359 g/mol. The molecule has 0 spiro atoms. The highest BCUT2D eigenvalue weighted by Gasteiger charge is 2.82. The Bertz CT molecular complexity index is 736. The number of hydrogen-bond acceptors (Lipinski definition) is 3. The van der Waals surface area contributed by atoms with Crippen molar-refractivity contribution in [1.29, 1.82) is 0 Å². The predicted molar refractivity (Wildman–Crippen MR) is 88.8 cm³/mol. The minimum absolute atomic E-state index is 0.148. The van der Waals surface area contributed by atoms with E-state index in [9.17, 15) is 18.3 Å². The molecule has 2 aliphatic carbocycles. The monoisotopic (exact) mass is 376 g/mol. The van der Waals surface area contributed by atoms with E-state index in [0.717, 1.165) is 31.9 Å². The summed E-state index contributed by atoms with van der Waals surface area (Å²) in [5, 5.41) is 9.87. The van der Waals surface area contributed by atoms with Gasteiger partial charge in [0, 0.05) is 12.2 Å². The molecule has 1 N–H and O–H groups in total. The normalized spacial score (nSPS) is 30.3. The number of carboxylic acids is 1. The number of carbonyl (C=O) groups is 1. The van der Waals surface area contributed by atoms with E-state index < -0.39 is 25.6 Å².